The zero-order valence-electron chi connectivity index (χ0n) is 18.1. The Bertz CT molecular complexity index is 1270. The molecule has 7 nitrogen and oxygen atoms in total. The molecule has 1 amide bonds. The van der Waals surface area contributed by atoms with E-state index in [1.807, 2.05) is 19.9 Å². The van der Waals surface area contributed by atoms with E-state index >= 15 is 0 Å². The van der Waals surface area contributed by atoms with Crippen LogP contribution >= 0.6 is 0 Å². The second-order valence-electron chi connectivity index (χ2n) is 7.80. The van der Waals surface area contributed by atoms with Crippen LogP contribution in [0.25, 0.3) is 5.76 Å². The number of Topliss-reactive ketones (excluding diaryl/α,β-unsaturated/α-hetero) is 1. The summed E-state index contributed by atoms with van der Waals surface area (Å²) < 4.78 is 5.81. The first-order valence-corrected chi connectivity index (χ1v) is 10.4. The third-order valence-corrected chi connectivity index (χ3v) is 5.22. The minimum atomic E-state index is -0.887. The number of hydrogen-bond acceptors (Lipinski definition) is 6. The Morgan fingerprint density at radius 2 is 1.79 bits per heavy atom. The van der Waals surface area contributed by atoms with Gasteiger partial charge in [-0.1, -0.05) is 12.1 Å². The molecule has 0 radical (unpaired) electrons. The van der Waals surface area contributed by atoms with Crippen LogP contribution in [0.15, 0.2) is 78.6 Å². The van der Waals surface area contributed by atoms with E-state index in [0.717, 1.165) is 0 Å². The smallest absolute Gasteiger partial charge is 0.300 e. The standard InChI is InChI=1S/C26H21N3O4/c1-16(2)33-21-5-3-4-19(14-21)23-22(24(30)18-10-12-28-13-11-18)25(31)26(32)29(23)20-8-6-17(15-27)7-9-20/h3-14,16,23,30H,1-2H3/b24-22-. The number of nitriles is 1. The Balaban J connectivity index is 1.92. The van der Waals surface area contributed by atoms with Gasteiger partial charge >= 0.3 is 0 Å². The summed E-state index contributed by atoms with van der Waals surface area (Å²) in [6.07, 6.45) is 2.93. The van der Waals surface area contributed by atoms with Gasteiger partial charge in [0.1, 0.15) is 11.5 Å². The third kappa shape index (κ3) is 4.19. The van der Waals surface area contributed by atoms with E-state index in [2.05, 4.69) is 4.98 Å². The van der Waals surface area contributed by atoms with Crippen molar-refractivity contribution >= 4 is 23.1 Å². The predicted octanol–water partition coefficient (Wildman–Crippen LogP) is 4.37. The number of carbonyl (C=O) groups is 2. The van der Waals surface area contributed by atoms with Crippen molar-refractivity contribution in [1.29, 1.82) is 5.26 Å². The molecule has 1 atom stereocenters. The quantitative estimate of drug-likeness (QED) is 0.360. The highest BCUT2D eigenvalue weighted by atomic mass is 16.5. The number of ether oxygens (including phenoxy) is 1. The zero-order valence-corrected chi connectivity index (χ0v) is 18.1. The van der Waals surface area contributed by atoms with E-state index < -0.39 is 17.7 Å². The summed E-state index contributed by atoms with van der Waals surface area (Å²) in [6.45, 7) is 3.80. The van der Waals surface area contributed by atoms with E-state index in [4.69, 9.17) is 10.00 Å². The normalized spacial score (nSPS) is 17.3. The first-order chi connectivity index (χ1) is 15.9. The van der Waals surface area contributed by atoms with Gasteiger partial charge in [0, 0.05) is 23.6 Å². The van der Waals surface area contributed by atoms with Gasteiger partial charge in [0.05, 0.1) is 29.4 Å². The lowest BCUT2D eigenvalue weighted by Crippen LogP contribution is -2.29. The van der Waals surface area contributed by atoms with Crippen LogP contribution in [0.4, 0.5) is 5.69 Å². The highest BCUT2D eigenvalue weighted by molar-refractivity contribution is 6.51. The summed E-state index contributed by atoms with van der Waals surface area (Å²) in [5, 5.41) is 20.2. The summed E-state index contributed by atoms with van der Waals surface area (Å²) in [6, 6.07) is 17.8. The van der Waals surface area contributed by atoms with Crippen molar-refractivity contribution in [3.05, 3.63) is 95.3 Å². The fourth-order valence-electron chi connectivity index (χ4n) is 3.81. The van der Waals surface area contributed by atoms with E-state index in [0.29, 0.717) is 28.1 Å². The van der Waals surface area contributed by atoms with Gasteiger partial charge < -0.3 is 9.84 Å². The lowest BCUT2D eigenvalue weighted by atomic mass is 9.95. The average Bonchev–Trinajstić information content (AvgIpc) is 3.09. The van der Waals surface area contributed by atoms with Crippen molar-refractivity contribution in [3.63, 3.8) is 0 Å². The molecule has 164 valence electrons. The number of carbonyl (C=O) groups excluding carboxylic acids is 2. The molecule has 0 aliphatic carbocycles. The van der Waals surface area contributed by atoms with Crippen molar-refractivity contribution in [2.45, 2.75) is 26.0 Å². The van der Waals surface area contributed by atoms with Crippen LogP contribution in [0, 0.1) is 11.3 Å². The molecule has 1 aliphatic rings. The van der Waals surface area contributed by atoms with Crippen LogP contribution < -0.4 is 9.64 Å². The summed E-state index contributed by atoms with van der Waals surface area (Å²) in [5.74, 6) is -1.27. The molecular weight excluding hydrogens is 418 g/mol. The number of ketones is 1. The molecule has 0 spiro atoms. The van der Waals surface area contributed by atoms with E-state index in [9.17, 15) is 14.7 Å². The molecule has 2 aromatic carbocycles. The van der Waals surface area contributed by atoms with Crippen molar-refractivity contribution < 1.29 is 19.4 Å². The molecule has 3 aromatic rings. The third-order valence-electron chi connectivity index (χ3n) is 5.22. The van der Waals surface area contributed by atoms with Crippen molar-refractivity contribution in [2.24, 2.45) is 0 Å². The van der Waals surface area contributed by atoms with Gasteiger partial charge in [0.2, 0.25) is 0 Å². The maximum absolute atomic E-state index is 13.2. The van der Waals surface area contributed by atoms with Crippen LogP contribution in [0.2, 0.25) is 0 Å². The van der Waals surface area contributed by atoms with Crippen LogP contribution in [0.5, 0.6) is 5.75 Å². The number of rotatable bonds is 5. The fourth-order valence-corrected chi connectivity index (χ4v) is 3.81. The monoisotopic (exact) mass is 439 g/mol. The van der Waals surface area contributed by atoms with Gasteiger partial charge in [-0.25, -0.2) is 0 Å². The molecule has 7 heteroatoms. The minimum Gasteiger partial charge on any atom is -0.507 e. The number of aromatic nitrogens is 1. The predicted molar refractivity (Wildman–Crippen MR) is 122 cm³/mol. The zero-order chi connectivity index (χ0) is 23.5. The van der Waals surface area contributed by atoms with Crippen LogP contribution in [0.1, 0.15) is 36.6 Å². The molecule has 0 saturated carbocycles. The topological polar surface area (TPSA) is 104 Å². The Morgan fingerprint density at radius 3 is 2.42 bits per heavy atom. The van der Waals surface area contributed by atoms with E-state index in [1.54, 1.807) is 60.7 Å². The largest absolute Gasteiger partial charge is 0.507 e. The summed E-state index contributed by atoms with van der Waals surface area (Å²) in [7, 11) is 0. The highest BCUT2D eigenvalue weighted by Gasteiger charge is 2.47. The van der Waals surface area contributed by atoms with Crippen LogP contribution in [-0.2, 0) is 9.59 Å². The molecule has 1 saturated heterocycles. The Hall–Kier alpha value is -4.44. The molecule has 1 aromatic heterocycles. The first kappa shape index (κ1) is 21.8. The second-order valence-corrected chi connectivity index (χ2v) is 7.80. The van der Waals surface area contributed by atoms with Gasteiger partial charge in [-0.2, -0.15) is 5.26 Å². The number of aliphatic hydroxyl groups is 1. The van der Waals surface area contributed by atoms with Crippen molar-refractivity contribution in [1.82, 2.24) is 4.98 Å². The lowest BCUT2D eigenvalue weighted by molar-refractivity contribution is -0.132. The number of benzene rings is 2. The molecule has 33 heavy (non-hydrogen) atoms. The number of anilines is 1. The number of aliphatic hydroxyl groups excluding tert-OH is 1. The van der Waals surface area contributed by atoms with Crippen molar-refractivity contribution in [2.75, 3.05) is 4.90 Å². The molecule has 4 rings (SSSR count). The Morgan fingerprint density at radius 1 is 1.09 bits per heavy atom. The Kier molecular flexibility index (Phi) is 5.92. The van der Waals surface area contributed by atoms with E-state index in [-0.39, 0.29) is 17.4 Å². The number of amides is 1. The molecular formula is C26H21N3O4. The fraction of sp³-hybridized carbons (Fsp3) is 0.154. The second kappa shape index (κ2) is 8.97. The molecule has 1 unspecified atom stereocenters. The van der Waals surface area contributed by atoms with Gasteiger partial charge in [0.25, 0.3) is 11.7 Å². The van der Waals surface area contributed by atoms with E-state index in [1.165, 1.54) is 17.3 Å². The summed E-state index contributed by atoms with van der Waals surface area (Å²) in [5.41, 5.74) is 1.81. The summed E-state index contributed by atoms with van der Waals surface area (Å²) in [4.78, 5) is 31.6. The lowest BCUT2D eigenvalue weighted by Gasteiger charge is -2.26. The number of hydrogen-bond donors (Lipinski definition) is 1. The van der Waals surface area contributed by atoms with Gasteiger partial charge in [0.15, 0.2) is 0 Å². The van der Waals surface area contributed by atoms with Gasteiger partial charge in [-0.15, -0.1) is 0 Å². The molecule has 1 N–H and O–H groups in total. The molecule has 2 heterocycles. The molecule has 1 fully saturated rings. The molecule has 1 aliphatic heterocycles. The maximum atomic E-state index is 13.2. The highest BCUT2D eigenvalue weighted by Crippen LogP contribution is 2.42. The SMILES string of the molecule is CC(C)Oc1cccc(C2/C(=C(/O)c3ccncc3)C(=O)C(=O)N2c2ccc(C#N)cc2)c1. The summed E-state index contributed by atoms with van der Waals surface area (Å²) >= 11 is 0. The number of nitrogens with zero attached hydrogens (tertiary/aromatic N) is 3. The minimum absolute atomic E-state index is 0.0303. The van der Waals surface area contributed by atoms with Gasteiger partial charge in [-0.05, 0) is 67.9 Å². The molecule has 0 bridgehead atoms. The Labute approximate surface area is 191 Å². The van der Waals surface area contributed by atoms with Crippen LogP contribution in [0.3, 0.4) is 0 Å². The van der Waals surface area contributed by atoms with Gasteiger partial charge in [-0.3, -0.25) is 19.5 Å². The average molecular weight is 439 g/mol. The van der Waals surface area contributed by atoms with Crippen LogP contribution in [-0.4, -0.2) is 27.9 Å². The van der Waals surface area contributed by atoms with Crippen molar-refractivity contribution in [3.8, 4) is 11.8 Å². The first-order valence-electron chi connectivity index (χ1n) is 10.4. The number of pyridine rings is 1. The maximum Gasteiger partial charge on any atom is 0.300 e.